The Morgan fingerprint density at radius 2 is 2.05 bits per heavy atom. The fourth-order valence-electron chi connectivity index (χ4n) is 1.49. The van der Waals surface area contributed by atoms with E-state index in [1.54, 1.807) is 7.11 Å². The number of halogens is 1. The third kappa shape index (κ3) is 4.00. The van der Waals surface area contributed by atoms with Gasteiger partial charge in [-0.1, -0.05) is 23.4 Å². The largest absolute Gasteiger partial charge is 0.394 e. The van der Waals surface area contributed by atoms with Crippen molar-refractivity contribution in [2.45, 2.75) is 9.92 Å². The molecule has 0 aliphatic heterocycles. The maximum Gasteiger partial charge on any atom is 0.153 e. The summed E-state index contributed by atoms with van der Waals surface area (Å²) in [7, 11) is 1.65. The molecule has 0 amide bonds. The molecule has 106 valence electrons. The lowest BCUT2D eigenvalue weighted by Gasteiger charge is -2.10. The van der Waals surface area contributed by atoms with Gasteiger partial charge < -0.3 is 15.8 Å². The normalized spacial score (nSPS) is 10.5. The molecule has 0 spiro atoms. The summed E-state index contributed by atoms with van der Waals surface area (Å²) in [5.74, 6) is 0.619. The SMILES string of the molecule is COCCNc1ncnc(Sc2ccc(Cl)cc2)c1N. The number of ether oxygens (including phenoxy) is 1. The van der Waals surface area contributed by atoms with Gasteiger partial charge in [0.15, 0.2) is 5.82 Å². The zero-order valence-electron chi connectivity index (χ0n) is 11.0. The standard InChI is InChI=1S/C13H15ClN4OS/c1-19-7-6-16-12-11(15)13(18-8-17-12)20-10-4-2-9(14)3-5-10/h2-5,8H,6-7,15H2,1H3,(H,16,17,18). The fraction of sp³-hybridized carbons (Fsp3) is 0.231. The third-order valence-electron chi connectivity index (χ3n) is 2.47. The summed E-state index contributed by atoms with van der Waals surface area (Å²) < 4.78 is 4.98. The molecule has 0 atom stereocenters. The second-order valence-electron chi connectivity index (χ2n) is 3.92. The van der Waals surface area contributed by atoms with Crippen molar-refractivity contribution in [1.29, 1.82) is 0 Å². The molecule has 0 radical (unpaired) electrons. The summed E-state index contributed by atoms with van der Waals surface area (Å²) in [6, 6.07) is 7.51. The van der Waals surface area contributed by atoms with Gasteiger partial charge in [0.05, 0.1) is 6.61 Å². The van der Waals surface area contributed by atoms with Crippen LogP contribution in [0.25, 0.3) is 0 Å². The molecule has 5 nitrogen and oxygen atoms in total. The minimum absolute atomic E-state index is 0.531. The van der Waals surface area contributed by atoms with Crippen LogP contribution in [0, 0.1) is 0 Å². The van der Waals surface area contributed by atoms with Crippen molar-refractivity contribution in [3.8, 4) is 0 Å². The molecule has 2 rings (SSSR count). The molecule has 1 heterocycles. The number of nitrogens with one attached hydrogen (secondary N) is 1. The van der Waals surface area contributed by atoms with E-state index in [1.807, 2.05) is 24.3 Å². The number of hydrogen-bond acceptors (Lipinski definition) is 6. The Labute approximate surface area is 126 Å². The Morgan fingerprint density at radius 3 is 2.75 bits per heavy atom. The van der Waals surface area contributed by atoms with E-state index in [4.69, 9.17) is 22.1 Å². The van der Waals surface area contributed by atoms with Crippen LogP contribution in [0.5, 0.6) is 0 Å². The highest BCUT2D eigenvalue weighted by Crippen LogP contribution is 2.33. The van der Waals surface area contributed by atoms with Gasteiger partial charge in [-0.05, 0) is 24.3 Å². The van der Waals surface area contributed by atoms with Crippen LogP contribution >= 0.6 is 23.4 Å². The molecule has 1 aromatic carbocycles. The number of nitrogen functional groups attached to an aromatic ring is 1. The van der Waals surface area contributed by atoms with Crippen molar-refractivity contribution >= 4 is 34.9 Å². The van der Waals surface area contributed by atoms with E-state index in [0.29, 0.717) is 34.7 Å². The third-order valence-corrected chi connectivity index (χ3v) is 3.75. The molecule has 0 aliphatic rings. The zero-order valence-corrected chi connectivity index (χ0v) is 12.5. The molecule has 3 N–H and O–H groups in total. The smallest absolute Gasteiger partial charge is 0.153 e. The number of anilines is 2. The van der Waals surface area contributed by atoms with Crippen molar-refractivity contribution in [2.24, 2.45) is 0 Å². The van der Waals surface area contributed by atoms with E-state index in [-0.39, 0.29) is 0 Å². The summed E-state index contributed by atoms with van der Waals surface area (Å²) in [5, 5.41) is 4.52. The second kappa shape index (κ2) is 7.33. The van der Waals surface area contributed by atoms with E-state index < -0.39 is 0 Å². The average molecular weight is 311 g/mol. The molecule has 20 heavy (non-hydrogen) atoms. The number of hydrogen-bond donors (Lipinski definition) is 2. The number of nitrogens with two attached hydrogens (primary N) is 1. The first-order valence-electron chi connectivity index (χ1n) is 5.97. The van der Waals surface area contributed by atoms with Gasteiger partial charge in [0, 0.05) is 23.6 Å². The van der Waals surface area contributed by atoms with Crippen molar-refractivity contribution in [3.05, 3.63) is 35.6 Å². The molecule has 7 heteroatoms. The van der Waals surface area contributed by atoms with Gasteiger partial charge in [0.25, 0.3) is 0 Å². The Kier molecular flexibility index (Phi) is 5.46. The lowest BCUT2D eigenvalue weighted by atomic mass is 10.4. The quantitative estimate of drug-likeness (QED) is 0.631. The van der Waals surface area contributed by atoms with Crippen molar-refractivity contribution < 1.29 is 4.74 Å². The molecule has 0 unspecified atom stereocenters. The fourth-order valence-corrected chi connectivity index (χ4v) is 2.42. The van der Waals surface area contributed by atoms with Crippen LogP contribution in [0.3, 0.4) is 0 Å². The lowest BCUT2D eigenvalue weighted by molar-refractivity contribution is 0.210. The number of methoxy groups -OCH3 is 1. The van der Waals surface area contributed by atoms with Crippen LogP contribution in [0.2, 0.25) is 5.02 Å². The van der Waals surface area contributed by atoms with Gasteiger partial charge in [-0.15, -0.1) is 0 Å². The number of benzene rings is 1. The van der Waals surface area contributed by atoms with Crippen LogP contribution < -0.4 is 11.1 Å². The maximum atomic E-state index is 6.07. The van der Waals surface area contributed by atoms with Crippen LogP contribution in [0.4, 0.5) is 11.5 Å². The zero-order chi connectivity index (χ0) is 14.4. The molecule has 1 aromatic heterocycles. The van der Waals surface area contributed by atoms with Gasteiger partial charge in [0.1, 0.15) is 17.0 Å². The number of rotatable bonds is 6. The number of nitrogens with zero attached hydrogens (tertiary/aromatic N) is 2. The molecule has 0 aliphatic carbocycles. The van der Waals surface area contributed by atoms with E-state index in [1.165, 1.54) is 18.1 Å². The summed E-state index contributed by atoms with van der Waals surface area (Å²) in [5.41, 5.74) is 6.60. The predicted molar refractivity (Wildman–Crippen MR) is 82.4 cm³/mol. The molecular formula is C13H15ClN4OS. The summed E-state index contributed by atoms with van der Waals surface area (Å²) in [4.78, 5) is 9.35. The summed E-state index contributed by atoms with van der Waals surface area (Å²) >= 11 is 7.33. The Bertz CT molecular complexity index is 565. The van der Waals surface area contributed by atoms with Crippen molar-refractivity contribution in [1.82, 2.24) is 9.97 Å². The molecule has 0 bridgehead atoms. The van der Waals surface area contributed by atoms with Crippen LogP contribution in [0.1, 0.15) is 0 Å². The van der Waals surface area contributed by atoms with Gasteiger partial charge >= 0.3 is 0 Å². The average Bonchev–Trinajstić information content (AvgIpc) is 2.45. The van der Waals surface area contributed by atoms with Crippen molar-refractivity contribution in [3.63, 3.8) is 0 Å². The molecule has 0 saturated carbocycles. The van der Waals surface area contributed by atoms with Gasteiger partial charge in [-0.25, -0.2) is 9.97 Å². The highest BCUT2D eigenvalue weighted by Gasteiger charge is 2.09. The van der Waals surface area contributed by atoms with E-state index in [2.05, 4.69) is 15.3 Å². The number of aromatic nitrogens is 2. The van der Waals surface area contributed by atoms with E-state index in [0.717, 1.165) is 4.90 Å². The maximum absolute atomic E-state index is 6.07. The second-order valence-corrected chi connectivity index (χ2v) is 5.42. The summed E-state index contributed by atoms with van der Waals surface area (Å²) in [6.45, 7) is 1.23. The highest BCUT2D eigenvalue weighted by molar-refractivity contribution is 7.99. The predicted octanol–water partition coefficient (Wildman–Crippen LogP) is 2.92. The van der Waals surface area contributed by atoms with Gasteiger partial charge in [-0.3, -0.25) is 0 Å². The van der Waals surface area contributed by atoms with E-state index >= 15 is 0 Å². The monoisotopic (exact) mass is 310 g/mol. The molecule has 0 fully saturated rings. The molecular weight excluding hydrogens is 296 g/mol. The first kappa shape index (κ1) is 14.9. The van der Waals surface area contributed by atoms with E-state index in [9.17, 15) is 0 Å². The Morgan fingerprint density at radius 1 is 1.30 bits per heavy atom. The molecule has 2 aromatic rings. The minimum atomic E-state index is 0.531. The lowest BCUT2D eigenvalue weighted by Crippen LogP contribution is -2.11. The van der Waals surface area contributed by atoms with Gasteiger partial charge in [-0.2, -0.15) is 0 Å². The minimum Gasteiger partial charge on any atom is -0.394 e. The van der Waals surface area contributed by atoms with Crippen LogP contribution in [-0.2, 0) is 4.74 Å². The van der Waals surface area contributed by atoms with Crippen LogP contribution in [0.15, 0.2) is 40.5 Å². The highest BCUT2D eigenvalue weighted by atomic mass is 35.5. The van der Waals surface area contributed by atoms with Gasteiger partial charge in [0.2, 0.25) is 0 Å². The Balaban J connectivity index is 2.11. The topological polar surface area (TPSA) is 73.1 Å². The summed E-state index contributed by atoms with van der Waals surface area (Å²) in [6.07, 6.45) is 1.49. The van der Waals surface area contributed by atoms with Crippen LogP contribution in [-0.4, -0.2) is 30.2 Å². The Hall–Kier alpha value is -1.50. The first-order valence-corrected chi connectivity index (χ1v) is 7.17. The van der Waals surface area contributed by atoms with Crippen molar-refractivity contribution in [2.75, 3.05) is 31.3 Å². The molecule has 0 saturated heterocycles. The first-order chi connectivity index (χ1) is 9.70.